The molecule has 0 heterocycles. The summed E-state index contributed by atoms with van der Waals surface area (Å²) in [5.74, 6) is -0.0539. The topological polar surface area (TPSA) is 113 Å². The quantitative estimate of drug-likeness (QED) is 0.198. The molecule has 0 radical (unpaired) electrons. The Morgan fingerprint density at radius 2 is 1.76 bits per heavy atom. The van der Waals surface area contributed by atoms with Crippen molar-refractivity contribution in [1.82, 2.24) is 20.6 Å². The third-order valence-corrected chi connectivity index (χ3v) is 2.12. The van der Waals surface area contributed by atoms with Gasteiger partial charge in [0.2, 0.25) is 5.96 Å². The number of carbonyl (C=O) groups is 2. The second-order valence-corrected chi connectivity index (χ2v) is 4.11. The zero-order chi connectivity index (χ0) is 13.1. The molecule has 17 heavy (non-hydrogen) atoms. The smallest absolute Gasteiger partial charge is 0.416 e. The fourth-order valence-electron chi connectivity index (χ4n) is 0.575. The van der Waals surface area contributed by atoms with Gasteiger partial charge in [-0.05, 0) is 0 Å². The molecule has 0 saturated carbocycles. The predicted molar refractivity (Wildman–Crippen MR) is 72.6 cm³/mol. The highest BCUT2D eigenvalue weighted by Crippen LogP contribution is 2.05. The summed E-state index contributed by atoms with van der Waals surface area (Å²) in [5.41, 5.74) is 0. The van der Waals surface area contributed by atoms with Gasteiger partial charge in [0.15, 0.2) is 16.0 Å². The Balaban J connectivity index is 4.16. The maximum Gasteiger partial charge on any atom is 0.440 e. The number of nitrogens with one attached hydrogen (secondary N) is 4. The lowest BCUT2D eigenvalue weighted by atomic mass is 10.5. The molecule has 0 aliphatic carbocycles. The molecule has 0 fully saturated rings. The lowest BCUT2D eigenvalue weighted by molar-refractivity contribution is 0.211. The summed E-state index contributed by atoms with van der Waals surface area (Å²) >= 11 is 0. The summed E-state index contributed by atoms with van der Waals surface area (Å²) in [4.78, 5) is 30.9. The molecule has 0 spiro atoms. The molecular formula is C4H13B2N5O4P2. The second kappa shape index (κ2) is 10.3. The molecule has 0 rings (SSSR count). The molecule has 4 N–H and O–H groups in total. The van der Waals surface area contributed by atoms with Crippen molar-refractivity contribution in [3.05, 3.63) is 0 Å². The van der Waals surface area contributed by atoms with Crippen molar-refractivity contribution >= 4 is 52.0 Å². The third-order valence-electron chi connectivity index (χ3n) is 1.15. The van der Waals surface area contributed by atoms with Gasteiger partial charge in [-0.3, -0.25) is 5.32 Å². The van der Waals surface area contributed by atoms with E-state index in [-0.39, 0.29) is 23.9 Å². The summed E-state index contributed by atoms with van der Waals surface area (Å²) in [6.45, 7) is 0. The molecule has 2 atom stereocenters. The molecule has 13 heteroatoms. The first kappa shape index (κ1) is 16.1. The SMILES string of the molecule is BNPOC(=O)/N=C(\NC)NC(=O)OPNB. The minimum atomic E-state index is -0.821. The van der Waals surface area contributed by atoms with Crippen LogP contribution in [0, 0.1) is 0 Å². The Bertz CT molecular complexity index is 293. The van der Waals surface area contributed by atoms with E-state index in [4.69, 9.17) is 0 Å². The zero-order valence-corrected chi connectivity index (χ0v) is 11.6. The van der Waals surface area contributed by atoms with Crippen LogP contribution in [0.15, 0.2) is 4.99 Å². The van der Waals surface area contributed by atoms with Crippen LogP contribution in [-0.4, -0.2) is 41.2 Å². The maximum atomic E-state index is 11.1. The number of hydrogen-bond donors (Lipinski definition) is 4. The van der Waals surface area contributed by atoms with Crippen molar-refractivity contribution in [2.24, 2.45) is 4.99 Å². The monoisotopic (exact) mass is 279 g/mol. The van der Waals surface area contributed by atoms with E-state index >= 15 is 0 Å². The van der Waals surface area contributed by atoms with Crippen molar-refractivity contribution in [1.29, 1.82) is 0 Å². The number of rotatable bonds is 4. The lowest BCUT2D eigenvalue weighted by Gasteiger charge is -2.07. The summed E-state index contributed by atoms with van der Waals surface area (Å²) in [5, 5.41) is 4.75. The second-order valence-electron chi connectivity index (χ2n) is 2.30. The molecule has 2 unspecified atom stereocenters. The summed E-state index contributed by atoms with van der Waals surface area (Å²) in [6, 6.07) is 0. The van der Waals surface area contributed by atoms with E-state index in [2.05, 4.69) is 34.7 Å². The Morgan fingerprint density at radius 1 is 1.18 bits per heavy atom. The van der Waals surface area contributed by atoms with Crippen LogP contribution in [0.5, 0.6) is 0 Å². The standard InChI is InChI=1S/C4H13B2N5O4P2/c1-7-2(8-3(12)14-16-10-5)9-4(13)15-17-11-6/h10-11,16-17H,5-6H2,1H3,(H2,7,8,9,12,13). The fourth-order valence-corrected chi connectivity index (χ4v) is 1.06. The minimum absolute atomic E-state index is 0.0539. The van der Waals surface area contributed by atoms with Crippen LogP contribution in [0.1, 0.15) is 0 Å². The molecule has 0 aromatic heterocycles. The molecular weight excluding hydrogens is 266 g/mol. The Morgan fingerprint density at radius 3 is 2.29 bits per heavy atom. The van der Waals surface area contributed by atoms with Crippen LogP contribution in [0.3, 0.4) is 0 Å². The first-order valence-electron chi connectivity index (χ1n) is 4.42. The lowest BCUT2D eigenvalue weighted by Crippen LogP contribution is -2.39. The molecule has 0 saturated heterocycles. The molecule has 0 aliphatic heterocycles. The average molecular weight is 279 g/mol. The van der Waals surface area contributed by atoms with E-state index in [1.54, 1.807) is 16.0 Å². The van der Waals surface area contributed by atoms with Crippen LogP contribution in [-0.2, 0) is 9.05 Å². The highest BCUT2D eigenvalue weighted by Gasteiger charge is 2.08. The number of aliphatic imine (C=N–C) groups is 1. The predicted octanol–water partition coefficient (Wildman–Crippen LogP) is -2.28. The molecule has 0 aromatic carbocycles. The molecule has 9 nitrogen and oxygen atoms in total. The van der Waals surface area contributed by atoms with Crippen LogP contribution in [0.2, 0.25) is 0 Å². The van der Waals surface area contributed by atoms with Gasteiger partial charge in [-0.2, -0.15) is 0 Å². The molecule has 94 valence electrons. The Labute approximate surface area is 104 Å². The summed E-state index contributed by atoms with van der Waals surface area (Å²) in [7, 11) is 4.38. The molecule has 2 amide bonds. The van der Waals surface area contributed by atoms with Crippen LogP contribution >= 0.6 is 17.9 Å². The fraction of sp³-hybridized carbons (Fsp3) is 0.250. The van der Waals surface area contributed by atoms with Gasteiger partial charge in [-0.15, -0.1) is 4.99 Å². The van der Waals surface area contributed by atoms with Gasteiger partial charge in [0.05, 0.1) is 0 Å². The van der Waals surface area contributed by atoms with E-state index in [1.165, 1.54) is 7.05 Å². The molecule has 0 bridgehead atoms. The van der Waals surface area contributed by atoms with E-state index in [1.807, 2.05) is 0 Å². The van der Waals surface area contributed by atoms with Crippen molar-refractivity contribution in [3.63, 3.8) is 0 Å². The van der Waals surface area contributed by atoms with Gasteiger partial charge in [0, 0.05) is 7.05 Å². The van der Waals surface area contributed by atoms with E-state index in [0.717, 1.165) is 0 Å². The minimum Gasteiger partial charge on any atom is -0.416 e. The van der Waals surface area contributed by atoms with Gasteiger partial charge >= 0.3 is 12.2 Å². The first-order valence-corrected chi connectivity index (χ1v) is 6.24. The Kier molecular flexibility index (Phi) is 9.75. The van der Waals surface area contributed by atoms with Crippen molar-refractivity contribution in [2.75, 3.05) is 7.05 Å². The maximum absolute atomic E-state index is 11.1. The van der Waals surface area contributed by atoms with Gasteiger partial charge in [0.25, 0.3) is 0 Å². The highest BCUT2D eigenvalue weighted by atomic mass is 31.1. The molecule has 0 aliphatic rings. The number of amides is 2. The van der Waals surface area contributed by atoms with Crippen LogP contribution in [0.4, 0.5) is 9.59 Å². The van der Waals surface area contributed by atoms with Gasteiger partial charge < -0.3 is 24.4 Å². The van der Waals surface area contributed by atoms with Crippen molar-refractivity contribution < 1.29 is 18.6 Å². The van der Waals surface area contributed by atoms with Gasteiger partial charge in [0.1, 0.15) is 17.9 Å². The van der Waals surface area contributed by atoms with Crippen molar-refractivity contribution in [2.45, 2.75) is 0 Å². The summed E-state index contributed by atoms with van der Waals surface area (Å²) in [6.07, 6.45) is -1.55. The normalized spacial score (nSPS) is 11.9. The Hall–Kier alpha value is -0.880. The first-order chi connectivity index (χ1) is 8.13. The highest BCUT2D eigenvalue weighted by molar-refractivity contribution is 7.32. The largest absolute Gasteiger partial charge is 0.440 e. The number of carbonyl (C=O) groups excluding carboxylic acids is 2. The van der Waals surface area contributed by atoms with E-state index in [9.17, 15) is 9.59 Å². The van der Waals surface area contributed by atoms with Gasteiger partial charge in [-0.1, -0.05) is 0 Å². The average Bonchev–Trinajstić information content (AvgIpc) is 2.32. The van der Waals surface area contributed by atoms with Gasteiger partial charge in [-0.25, -0.2) is 9.59 Å². The molecule has 0 aromatic rings. The van der Waals surface area contributed by atoms with Crippen molar-refractivity contribution in [3.8, 4) is 0 Å². The number of nitrogens with zero attached hydrogens (tertiary/aromatic N) is 1. The summed E-state index contributed by atoms with van der Waals surface area (Å²) < 4.78 is 9.30. The number of guanidine groups is 1. The zero-order valence-electron chi connectivity index (χ0n) is 9.58. The van der Waals surface area contributed by atoms with E-state index in [0.29, 0.717) is 0 Å². The van der Waals surface area contributed by atoms with E-state index < -0.39 is 12.2 Å². The van der Waals surface area contributed by atoms with Crippen LogP contribution in [0.25, 0.3) is 0 Å². The third kappa shape index (κ3) is 8.88. The van der Waals surface area contributed by atoms with Crippen LogP contribution < -0.4 is 20.6 Å². The number of hydrogen-bond acceptors (Lipinski definition) is 6.